The molecule has 0 spiro atoms. The summed E-state index contributed by atoms with van der Waals surface area (Å²) < 4.78 is 12.7. The Morgan fingerprint density at radius 1 is 1.39 bits per heavy atom. The van der Waals surface area contributed by atoms with Gasteiger partial charge in [0.15, 0.2) is 0 Å². The second-order valence-electron chi connectivity index (χ2n) is 3.77. The summed E-state index contributed by atoms with van der Waals surface area (Å²) in [4.78, 5) is 15.7. The third-order valence-electron chi connectivity index (χ3n) is 2.44. The van der Waals surface area contributed by atoms with Crippen molar-refractivity contribution in [2.24, 2.45) is 0 Å². The molecule has 94 valence electrons. The minimum absolute atomic E-state index is 0.119. The molecular weight excluding hydrogens is 235 g/mol. The quantitative estimate of drug-likeness (QED) is 0.860. The molecule has 2 N–H and O–H groups in total. The van der Waals surface area contributed by atoms with E-state index in [1.807, 2.05) is 6.92 Å². The minimum atomic E-state index is -0.352. The second-order valence-corrected chi connectivity index (χ2v) is 3.77. The van der Waals surface area contributed by atoms with E-state index in [9.17, 15) is 9.18 Å². The van der Waals surface area contributed by atoms with Gasteiger partial charge in [-0.25, -0.2) is 9.37 Å². The second kappa shape index (κ2) is 5.39. The predicted octanol–water partition coefficient (Wildman–Crippen LogP) is 1.44. The number of aromatic nitrogens is 3. The summed E-state index contributed by atoms with van der Waals surface area (Å²) in [5.41, 5.74) is 0.816. The molecule has 1 heterocycles. The van der Waals surface area contributed by atoms with Crippen LogP contribution in [0.25, 0.3) is 0 Å². The van der Waals surface area contributed by atoms with E-state index in [-0.39, 0.29) is 17.5 Å². The molecule has 0 aliphatic carbocycles. The van der Waals surface area contributed by atoms with Gasteiger partial charge in [-0.15, -0.1) is 5.10 Å². The Labute approximate surface area is 103 Å². The van der Waals surface area contributed by atoms with Gasteiger partial charge in [-0.1, -0.05) is 19.1 Å². The molecule has 0 saturated heterocycles. The zero-order valence-electron chi connectivity index (χ0n) is 9.90. The first kappa shape index (κ1) is 12.2. The first-order chi connectivity index (χ1) is 8.69. The van der Waals surface area contributed by atoms with Crippen molar-refractivity contribution in [1.82, 2.24) is 20.5 Å². The van der Waals surface area contributed by atoms with Crippen LogP contribution in [0.15, 0.2) is 24.3 Å². The fraction of sp³-hybridized carbons (Fsp3) is 0.250. The third kappa shape index (κ3) is 2.91. The molecule has 1 aromatic carbocycles. The Balaban J connectivity index is 1.93. The van der Waals surface area contributed by atoms with Crippen LogP contribution in [0.3, 0.4) is 0 Å². The molecule has 0 fully saturated rings. The summed E-state index contributed by atoms with van der Waals surface area (Å²) in [5.74, 6) is 0.137. The zero-order valence-corrected chi connectivity index (χ0v) is 9.90. The Hall–Kier alpha value is -2.24. The molecule has 0 radical (unpaired) electrons. The Kier molecular flexibility index (Phi) is 3.66. The van der Waals surface area contributed by atoms with Crippen molar-refractivity contribution in [3.05, 3.63) is 47.3 Å². The smallest absolute Gasteiger partial charge is 0.291 e. The zero-order chi connectivity index (χ0) is 13.0. The normalized spacial score (nSPS) is 10.3. The lowest BCUT2D eigenvalue weighted by atomic mass is 10.2. The first-order valence-electron chi connectivity index (χ1n) is 5.63. The highest BCUT2D eigenvalue weighted by atomic mass is 19.1. The number of aromatic amines is 1. The molecule has 1 aromatic heterocycles. The summed E-state index contributed by atoms with van der Waals surface area (Å²) in [6.07, 6.45) is 0.693. The van der Waals surface area contributed by atoms with Crippen LogP contribution >= 0.6 is 0 Å². The Morgan fingerprint density at radius 3 is 2.72 bits per heavy atom. The van der Waals surface area contributed by atoms with Crippen LogP contribution in [0, 0.1) is 5.82 Å². The van der Waals surface area contributed by atoms with E-state index in [2.05, 4.69) is 20.5 Å². The van der Waals surface area contributed by atoms with Crippen molar-refractivity contribution in [1.29, 1.82) is 0 Å². The number of carbonyl (C=O) groups excluding carboxylic acids is 1. The van der Waals surface area contributed by atoms with Gasteiger partial charge < -0.3 is 5.32 Å². The highest BCUT2D eigenvalue weighted by Crippen LogP contribution is 2.02. The topological polar surface area (TPSA) is 70.7 Å². The predicted molar refractivity (Wildman–Crippen MR) is 63.3 cm³/mol. The van der Waals surface area contributed by atoms with Crippen molar-refractivity contribution in [2.75, 3.05) is 0 Å². The lowest BCUT2D eigenvalue weighted by Crippen LogP contribution is -2.24. The van der Waals surface area contributed by atoms with Gasteiger partial charge in [0.2, 0.25) is 5.82 Å². The number of nitrogens with zero attached hydrogens (tertiary/aromatic N) is 2. The van der Waals surface area contributed by atoms with E-state index < -0.39 is 0 Å². The number of H-pyrrole nitrogens is 1. The van der Waals surface area contributed by atoms with E-state index in [1.165, 1.54) is 12.1 Å². The maximum absolute atomic E-state index is 12.7. The molecule has 18 heavy (non-hydrogen) atoms. The first-order valence-corrected chi connectivity index (χ1v) is 5.63. The van der Waals surface area contributed by atoms with Gasteiger partial charge in [0.05, 0.1) is 0 Å². The summed E-state index contributed by atoms with van der Waals surface area (Å²) in [7, 11) is 0. The molecule has 5 nitrogen and oxygen atoms in total. The van der Waals surface area contributed by atoms with E-state index >= 15 is 0 Å². The summed E-state index contributed by atoms with van der Waals surface area (Å²) >= 11 is 0. The molecule has 2 aromatic rings. The molecule has 0 unspecified atom stereocenters. The fourth-order valence-electron chi connectivity index (χ4n) is 1.42. The maximum Gasteiger partial charge on any atom is 0.291 e. The minimum Gasteiger partial charge on any atom is -0.345 e. The summed E-state index contributed by atoms with van der Waals surface area (Å²) in [6.45, 7) is 2.23. The van der Waals surface area contributed by atoms with Crippen LogP contribution in [0.2, 0.25) is 0 Å². The number of aryl methyl sites for hydroxylation is 1. The van der Waals surface area contributed by atoms with Crippen molar-refractivity contribution in [3.8, 4) is 0 Å². The van der Waals surface area contributed by atoms with Gasteiger partial charge >= 0.3 is 0 Å². The molecule has 0 saturated carbocycles. The fourth-order valence-corrected chi connectivity index (χ4v) is 1.42. The van der Waals surface area contributed by atoms with Gasteiger partial charge in [-0.05, 0) is 17.7 Å². The number of rotatable bonds is 4. The van der Waals surface area contributed by atoms with Crippen molar-refractivity contribution < 1.29 is 9.18 Å². The largest absolute Gasteiger partial charge is 0.345 e. The standard InChI is InChI=1S/C12H13FN4O/c1-2-10-15-11(17-16-10)12(18)14-7-8-3-5-9(13)6-4-8/h3-6H,2,7H2,1H3,(H,14,18)(H,15,16,17). The highest BCUT2D eigenvalue weighted by molar-refractivity contribution is 5.90. The molecule has 6 heteroatoms. The maximum atomic E-state index is 12.7. The van der Waals surface area contributed by atoms with E-state index in [4.69, 9.17) is 0 Å². The van der Waals surface area contributed by atoms with Crippen LogP contribution in [0.1, 0.15) is 28.9 Å². The van der Waals surface area contributed by atoms with Crippen LogP contribution < -0.4 is 5.32 Å². The van der Waals surface area contributed by atoms with E-state index in [0.717, 1.165) is 5.56 Å². The average molecular weight is 248 g/mol. The molecule has 0 aliphatic rings. The number of halogens is 1. The van der Waals surface area contributed by atoms with Gasteiger partial charge in [-0.3, -0.25) is 9.89 Å². The van der Waals surface area contributed by atoms with Crippen LogP contribution in [-0.2, 0) is 13.0 Å². The summed E-state index contributed by atoms with van der Waals surface area (Å²) in [5, 5.41) is 9.14. The molecule has 1 amide bonds. The molecule has 0 atom stereocenters. The van der Waals surface area contributed by atoms with Crippen LogP contribution in [-0.4, -0.2) is 21.1 Å². The lowest BCUT2D eigenvalue weighted by molar-refractivity contribution is 0.0941. The number of hydrogen-bond donors (Lipinski definition) is 2. The Morgan fingerprint density at radius 2 is 2.11 bits per heavy atom. The van der Waals surface area contributed by atoms with Crippen LogP contribution in [0.4, 0.5) is 4.39 Å². The lowest BCUT2D eigenvalue weighted by Gasteiger charge is -2.02. The van der Waals surface area contributed by atoms with Gasteiger partial charge in [0.25, 0.3) is 5.91 Å². The van der Waals surface area contributed by atoms with E-state index in [0.29, 0.717) is 18.8 Å². The van der Waals surface area contributed by atoms with Gasteiger partial charge in [0, 0.05) is 13.0 Å². The third-order valence-corrected chi connectivity index (χ3v) is 2.44. The van der Waals surface area contributed by atoms with Crippen molar-refractivity contribution >= 4 is 5.91 Å². The monoisotopic (exact) mass is 248 g/mol. The van der Waals surface area contributed by atoms with Gasteiger partial charge in [0.1, 0.15) is 11.6 Å². The van der Waals surface area contributed by atoms with Crippen molar-refractivity contribution in [2.45, 2.75) is 19.9 Å². The van der Waals surface area contributed by atoms with Gasteiger partial charge in [-0.2, -0.15) is 0 Å². The molecule has 2 rings (SSSR count). The number of amides is 1. The van der Waals surface area contributed by atoms with Crippen molar-refractivity contribution in [3.63, 3.8) is 0 Å². The number of benzene rings is 1. The molecular formula is C12H13FN4O. The number of hydrogen-bond acceptors (Lipinski definition) is 3. The number of carbonyl (C=O) groups is 1. The number of nitrogens with one attached hydrogen (secondary N) is 2. The Bertz CT molecular complexity index is 535. The molecule has 0 bridgehead atoms. The van der Waals surface area contributed by atoms with Crippen LogP contribution in [0.5, 0.6) is 0 Å². The highest BCUT2D eigenvalue weighted by Gasteiger charge is 2.11. The molecule has 0 aliphatic heterocycles. The van der Waals surface area contributed by atoms with E-state index in [1.54, 1.807) is 12.1 Å². The SMILES string of the molecule is CCc1nc(C(=O)NCc2ccc(F)cc2)n[nH]1. The average Bonchev–Trinajstić information content (AvgIpc) is 2.86. The summed E-state index contributed by atoms with van der Waals surface area (Å²) in [6, 6.07) is 5.93.